The molecular weight excluding hydrogens is 400 g/mol. The molecule has 0 aliphatic heterocycles. The molecule has 2 aromatic heterocycles. The molecule has 158 valence electrons. The highest BCUT2D eigenvalue weighted by molar-refractivity contribution is 7.98. The normalized spacial score (nSPS) is 12.6. The Hall–Kier alpha value is -2.71. The number of nitrogens with one attached hydrogen (secondary N) is 1. The highest BCUT2D eigenvalue weighted by atomic mass is 32.2. The lowest BCUT2D eigenvalue weighted by atomic mass is 10.1. The lowest BCUT2D eigenvalue weighted by Gasteiger charge is -2.27. The Labute approximate surface area is 180 Å². The first-order chi connectivity index (χ1) is 14.3. The number of rotatable bonds is 8. The maximum Gasteiger partial charge on any atom is 0.338 e. The first-order valence-electron chi connectivity index (χ1n) is 9.58. The molecule has 0 fully saturated rings. The Morgan fingerprint density at radius 1 is 1.23 bits per heavy atom. The minimum Gasteiger partial charge on any atom is -0.453 e. The number of aromatic nitrogens is 3. The molecule has 0 amide bonds. The van der Waals surface area contributed by atoms with E-state index in [1.165, 1.54) is 11.8 Å². The van der Waals surface area contributed by atoms with Crippen molar-refractivity contribution >= 4 is 34.5 Å². The van der Waals surface area contributed by atoms with Crippen molar-refractivity contribution in [3.05, 3.63) is 53.9 Å². The Balaban J connectivity index is 1.97. The average molecular weight is 427 g/mol. The molecule has 0 aliphatic rings. The summed E-state index contributed by atoms with van der Waals surface area (Å²) in [5.41, 5.74) is 1.45. The lowest BCUT2D eigenvalue weighted by molar-refractivity contribution is 0.0329. The Kier molecular flexibility index (Phi) is 6.89. The van der Waals surface area contributed by atoms with Crippen molar-refractivity contribution in [1.29, 1.82) is 0 Å². The minimum atomic E-state index is -0.548. The topological polar surface area (TPSA) is 86.2 Å². The SMILES string of the molecule is COCC(C)(C)Nc1nc([C@@H](C)OC(=O)c2ccccc2)cc2cnc(SC)nc12. The molecule has 0 unspecified atom stereocenters. The van der Waals surface area contributed by atoms with Crippen LogP contribution in [0.3, 0.4) is 0 Å². The predicted molar refractivity (Wildman–Crippen MR) is 119 cm³/mol. The van der Waals surface area contributed by atoms with E-state index in [9.17, 15) is 4.79 Å². The van der Waals surface area contributed by atoms with Gasteiger partial charge in [0.2, 0.25) is 0 Å². The van der Waals surface area contributed by atoms with Crippen molar-refractivity contribution in [2.45, 2.75) is 37.6 Å². The second kappa shape index (κ2) is 9.40. The van der Waals surface area contributed by atoms with Crippen LogP contribution in [0.1, 0.15) is 42.9 Å². The van der Waals surface area contributed by atoms with E-state index in [2.05, 4.69) is 15.3 Å². The largest absolute Gasteiger partial charge is 0.453 e. The van der Waals surface area contributed by atoms with E-state index in [0.29, 0.717) is 34.4 Å². The quantitative estimate of drug-likeness (QED) is 0.320. The van der Waals surface area contributed by atoms with Crippen LogP contribution in [0.15, 0.2) is 47.8 Å². The number of esters is 1. The number of ether oxygens (including phenoxy) is 2. The van der Waals surface area contributed by atoms with Gasteiger partial charge < -0.3 is 14.8 Å². The van der Waals surface area contributed by atoms with Gasteiger partial charge in [0.05, 0.1) is 23.4 Å². The number of hydrogen-bond acceptors (Lipinski definition) is 8. The first-order valence-corrected chi connectivity index (χ1v) is 10.8. The molecule has 3 rings (SSSR count). The van der Waals surface area contributed by atoms with Crippen LogP contribution in [-0.2, 0) is 9.47 Å². The van der Waals surface area contributed by atoms with Gasteiger partial charge >= 0.3 is 5.97 Å². The number of hydrogen-bond donors (Lipinski definition) is 1. The van der Waals surface area contributed by atoms with Crippen LogP contribution in [0.2, 0.25) is 0 Å². The molecule has 0 spiro atoms. The van der Waals surface area contributed by atoms with Gasteiger partial charge in [-0.1, -0.05) is 30.0 Å². The number of benzene rings is 1. The summed E-state index contributed by atoms with van der Waals surface area (Å²) in [6.07, 6.45) is 3.14. The summed E-state index contributed by atoms with van der Waals surface area (Å²) in [6, 6.07) is 10.8. The number of fused-ring (bicyclic) bond motifs is 1. The number of methoxy groups -OCH3 is 1. The van der Waals surface area contributed by atoms with E-state index in [1.54, 1.807) is 44.5 Å². The molecule has 0 aliphatic carbocycles. The summed E-state index contributed by atoms with van der Waals surface area (Å²) >= 11 is 1.47. The minimum absolute atomic E-state index is 0.373. The molecule has 30 heavy (non-hydrogen) atoms. The van der Waals surface area contributed by atoms with Gasteiger partial charge in [0.1, 0.15) is 11.6 Å². The van der Waals surface area contributed by atoms with E-state index < -0.39 is 12.1 Å². The van der Waals surface area contributed by atoms with E-state index >= 15 is 0 Å². The lowest BCUT2D eigenvalue weighted by Crippen LogP contribution is -2.36. The average Bonchev–Trinajstić information content (AvgIpc) is 2.73. The van der Waals surface area contributed by atoms with Crippen molar-refractivity contribution in [2.24, 2.45) is 0 Å². The molecule has 0 saturated heterocycles. The fraction of sp³-hybridized carbons (Fsp3) is 0.364. The van der Waals surface area contributed by atoms with Crippen molar-refractivity contribution in [1.82, 2.24) is 15.0 Å². The van der Waals surface area contributed by atoms with Gasteiger partial charge in [-0.2, -0.15) is 0 Å². The number of carbonyl (C=O) groups is 1. The third kappa shape index (κ3) is 5.25. The summed E-state index contributed by atoms with van der Waals surface area (Å²) in [5, 5.41) is 4.89. The van der Waals surface area contributed by atoms with Gasteiger partial charge in [0.25, 0.3) is 0 Å². The van der Waals surface area contributed by atoms with Crippen molar-refractivity contribution < 1.29 is 14.3 Å². The molecule has 1 N–H and O–H groups in total. The number of anilines is 1. The van der Waals surface area contributed by atoms with Crippen molar-refractivity contribution in [2.75, 3.05) is 25.3 Å². The number of carbonyl (C=O) groups excluding carboxylic acids is 1. The maximum atomic E-state index is 12.5. The second-order valence-corrected chi connectivity index (χ2v) is 8.32. The highest BCUT2D eigenvalue weighted by Gasteiger charge is 2.23. The van der Waals surface area contributed by atoms with Gasteiger partial charge in [-0.15, -0.1) is 0 Å². The van der Waals surface area contributed by atoms with Crippen molar-refractivity contribution in [3.8, 4) is 0 Å². The monoisotopic (exact) mass is 426 g/mol. The Bertz CT molecular complexity index is 1030. The summed E-state index contributed by atoms with van der Waals surface area (Å²) in [7, 11) is 1.66. The van der Waals surface area contributed by atoms with E-state index in [4.69, 9.17) is 14.5 Å². The fourth-order valence-corrected chi connectivity index (χ4v) is 3.36. The highest BCUT2D eigenvalue weighted by Crippen LogP contribution is 2.28. The van der Waals surface area contributed by atoms with E-state index in [-0.39, 0.29) is 5.54 Å². The molecule has 7 nitrogen and oxygen atoms in total. The first kappa shape index (κ1) is 22.0. The molecule has 1 aromatic carbocycles. The maximum absolute atomic E-state index is 12.5. The molecule has 2 heterocycles. The van der Waals surface area contributed by atoms with Gasteiger partial charge in [-0.25, -0.2) is 19.7 Å². The summed E-state index contributed by atoms with van der Waals surface area (Å²) < 4.78 is 11.0. The number of nitrogens with zero attached hydrogens (tertiary/aromatic N) is 3. The van der Waals surface area contributed by atoms with Crippen LogP contribution in [0.25, 0.3) is 10.9 Å². The summed E-state index contributed by atoms with van der Waals surface area (Å²) in [5.74, 6) is 0.207. The fourth-order valence-electron chi connectivity index (χ4n) is 3.02. The van der Waals surface area contributed by atoms with Crippen LogP contribution < -0.4 is 5.32 Å². The van der Waals surface area contributed by atoms with Crippen LogP contribution in [0, 0.1) is 0 Å². The van der Waals surface area contributed by atoms with Gasteiger partial charge in [-0.3, -0.25) is 0 Å². The number of thioether (sulfide) groups is 1. The molecule has 0 bridgehead atoms. The smallest absolute Gasteiger partial charge is 0.338 e. The molecule has 3 aromatic rings. The Morgan fingerprint density at radius 3 is 2.63 bits per heavy atom. The molecule has 1 atom stereocenters. The zero-order valence-electron chi connectivity index (χ0n) is 17.8. The third-order valence-corrected chi connectivity index (χ3v) is 4.98. The molecule has 8 heteroatoms. The van der Waals surface area contributed by atoms with Crippen LogP contribution in [-0.4, -0.2) is 46.4 Å². The summed E-state index contributed by atoms with van der Waals surface area (Å²) in [6.45, 7) is 6.33. The van der Waals surface area contributed by atoms with Gasteiger partial charge in [0, 0.05) is 18.7 Å². The zero-order chi connectivity index (χ0) is 21.7. The zero-order valence-corrected chi connectivity index (χ0v) is 18.6. The van der Waals surface area contributed by atoms with E-state index in [1.807, 2.05) is 32.2 Å². The summed E-state index contributed by atoms with van der Waals surface area (Å²) in [4.78, 5) is 26.2. The standard InChI is InChI=1S/C22H26N4O3S/c1-14(29-20(27)15-9-7-6-8-10-15)17-11-16-12-23-21(30-5)25-18(16)19(24-17)26-22(2,3)13-28-4/h6-12,14H,13H2,1-5H3,(H,24,26)/t14-/m1/s1. The molecule has 0 radical (unpaired) electrons. The van der Waals surface area contributed by atoms with Crippen molar-refractivity contribution in [3.63, 3.8) is 0 Å². The Morgan fingerprint density at radius 2 is 1.97 bits per heavy atom. The van der Waals surface area contributed by atoms with Crippen LogP contribution >= 0.6 is 11.8 Å². The van der Waals surface area contributed by atoms with Gasteiger partial charge in [-0.05, 0) is 45.2 Å². The number of pyridine rings is 1. The van der Waals surface area contributed by atoms with E-state index in [0.717, 1.165) is 5.39 Å². The third-order valence-electron chi connectivity index (χ3n) is 4.42. The molecule has 0 saturated carbocycles. The molecular formula is C22H26N4O3S. The predicted octanol–water partition coefficient (Wildman–Crippen LogP) is 4.50. The second-order valence-electron chi connectivity index (χ2n) is 7.55. The van der Waals surface area contributed by atoms with Gasteiger partial charge in [0.15, 0.2) is 11.0 Å². The van der Waals surface area contributed by atoms with Crippen LogP contribution in [0.4, 0.5) is 5.82 Å². The van der Waals surface area contributed by atoms with Crippen LogP contribution in [0.5, 0.6) is 0 Å².